The number of nitrogens with zero attached hydrogens (tertiary/aromatic N) is 1. The highest BCUT2D eigenvalue weighted by molar-refractivity contribution is 8.04. The van der Waals surface area contributed by atoms with Crippen molar-refractivity contribution in [3.05, 3.63) is 77.1 Å². The monoisotopic (exact) mass is 514 g/mol. The summed E-state index contributed by atoms with van der Waals surface area (Å²) < 4.78 is 24.0. The number of thioether (sulfide) groups is 1. The molecule has 3 N–H and O–H groups in total. The van der Waals surface area contributed by atoms with Crippen molar-refractivity contribution in [2.45, 2.75) is 23.5 Å². The molecule has 4 rings (SSSR count). The molecule has 2 aliphatic rings. The number of halogens is 1. The number of hydrogen-bond donors (Lipinski definition) is 3. The van der Waals surface area contributed by atoms with Crippen molar-refractivity contribution >= 4 is 35.6 Å². The van der Waals surface area contributed by atoms with Crippen LogP contribution in [-0.4, -0.2) is 54.0 Å². The van der Waals surface area contributed by atoms with Crippen molar-refractivity contribution in [1.82, 2.24) is 20.9 Å². The molecule has 36 heavy (non-hydrogen) atoms. The molecule has 2 heterocycles. The van der Waals surface area contributed by atoms with E-state index in [0.29, 0.717) is 5.56 Å². The summed E-state index contributed by atoms with van der Waals surface area (Å²) in [4.78, 5) is 51.5. The first-order valence-electron chi connectivity index (χ1n) is 10.8. The minimum atomic E-state index is -1.65. The lowest BCUT2D eigenvalue weighted by Gasteiger charge is -2.31. The standard InChI is InChI=1S/C24H23FN4O6S/c1-34-18-9-8-15(13-16(18)25)19-21(31)29(23(33)27-19)17(12-14-6-4-3-5-7-14)20(30)28-24(22(32)35-2)26-10-11-36-24/h3-11,13,17,19,26H,12H2,1-2H3,(H,27,33)(H,28,30)/t17-,19+,24?/m0/s1. The SMILES string of the molecule is COC(=O)C1(NC(=O)[C@H](Cc2ccccc2)N2C(=O)N[C@H](c3ccc(OC)c(F)c3)C2=O)NC=CS1. The molecule has 1 unspecified atom stereocenters. The number of rotatable bonds is 8. The summed E-state index contributed by atoms with van der Waals surface area (Å²) in [6.45, 7) is 0. The van der Waals surface area contributed by atoms with Crippen LogP contribution in [0.5, 0.6) is 5.75 Å². The predicted octanol–water partition coefficient (Wildman–Crippen LogP) is 1.79. The molecular formula is C24H23FN4O6S. The van der Waals surface area contributed by atoms with Gasteiger partial charge in [0.25, 0.3) is 10.9 Å². The van der Waals surface area contributed by atoms with Crippen molar-refractivity contribution < 1.29 is 33.0 Å². The summed E-state index contributed by atoms with van der Waals surface area (Å²) in [6, 6.07) is 9.33. The minimum absolute atomic E-state index is 0.0167. The van der Waals surface area contributed by atoms with Crippen molar-refractivity contribution in [3.63, 3.8) is 0 Å². The number of methoxy groups -OCH3 is 2. The Morgan fingerprint density at radius 2 is 1.94 bits per heavy atom. The number of ether oxygens (including phenoxy) is 2. The molecule has 0 aliphatic carbocycles. The molecule has 3 atom stereocenters. The Balaban J connectivity index is 1.65. The summed E-state index contributed by atoms with van der Waals surface area (Å²) in [6.07, 6.45) is 1.45. The second kappa shape index (κ2) is 10.3. The third-order valence-corrected chi connectivity index (χ3v) is 6.75. The van der Waals surface area contributed by atoms with Crippen LogP contribution in [0.4, 0.5) is 9.18 Å². The summed E-state index contributed by atoms with van der Waals surface area (Å²) in [5.41, 5.74) is 0.866. The van der Waals surface area contributed by atoms with E-state index < -0.39 is 46.7 Å². The summed E-state index contributed by atoms with van der Waals surface area (Å²) >= 11 is 0.965. The number of imide groups is 1. The molecule has 2 aromatic rings. The highest BCUT2D eigenvalue weighted by Gasteiger charge is 2.49. The lowest BCUT2D eigenvalue weighted by atomic mass is 10.0. The first kappa shape index (κ1) is 25.0. The minimum Gasteiger partial charge on any atom is -0.494 e. The molecule has 0 aromatic heterocycles. The third-order valence-electron chi connectivity index (χ3n) is 5.74. The molecule has 1 fully saturated rings. The van der Waals surface area contributed by atoms with Crippen LogP contribution < -0.4 is 20.7 Å². The van der Waals surface area contributed by atoms with Crippen molar-refractivity contribution in [3.8, 4) is 5.75 Å². The van der Waals surface area contributed by atoms with Crippen LogP contribution in [0.3, 0.4) is 0 Å². The van der Waals surface area contributed by atoms with Gasteiger partial charge < -0.3 is 25.4 Å². The van der Waals surface area contributed by atoms with Crippen LogP contribution in [0.15, 0.2) is 60.1 Å². The molecule has 1 saturated heterocycles. The van der Waals surface area contributed by atoms with Crippen LogP contribution in [0, 0.1) is 5.82 Å². The number of urea groups is 1. The Kier molecular flexibility index (Phi) is 7.15. The summed E-state index contributed by atoms with van der Waals surface area (Å²) in [5.74, 6) is -2.99. The van der Waals surface area contributed by atoms with Crippen LogP contribution in [0.1, 0.15) is 17.2 Å². The zero-order chi connectivity index (χ0) is 25.9. The van der Waals surface area contributed by atoms with Gasteiger partial charge in [-0.2, -0.15) is 0 Å². The molecule has 10 nitrogen and oxygen atoms in total. The fourth-order valence-corrected chi connectivity index (χ4v) is 4.78. The van der Waals surface area contributed by atoms with Gasteiger partial charge in [-0.15, -0.1) is 0 Å². The van der Waals surface area contributed by atoms with Crippen molar-refractivity contribution in [2.24, 2.45) is 0 Å². The van der Waals surface area contributed by atoms with E-state index in [1.807, 2.05) is 0 Å². The smallest absolute Gasteiger partial charge is 0.364 e. The fourth-order valence-electron chi connectivity index (χ4n) is 3.96. The molecule has 12 heteroatoms. The first-order chi connectivity index (χ1) is 17.3. The van der Waals surface area contributed by atoms with Gasteiger partial charge in [0.15, 0.2) is 11.6 Å². The number of carbonyl (C=O) groups is 4. The number of nitrogens with one attached hydrogen (secondary N) is 3. The van der Waals surface area contributed by atoms with Gasteiger partial charge in [-0.3, -0.25) is 9.59 Å². The van der Waals surface area contributed by atoms with Gasteiger partial charge in [-0.1, -0.05) is 48.2 Å². The van der Waals surface area contributed by atoms with Gasteiger partial charge >= 0.3 is 12.0 Å². The van der Waals surface area contributed by atoms with E-state index >= 15 is 0 Å². The topological polar surface area (TPSA) is 126 Å². The molecule has 2 aromatic carbocycles. The average Bonchev–Trinajstić information content (AvgIpc) is 3.47. The maximum absolute atomic E-state index is 14.3. The van der Waals surface area contributed by atoms with Gasteiger partial charge in [0, 0.05) is 12.6 Å². The van der Waals surface area contributed by atoms with Crippen LogP contribution in [0.25, 0.3) is 0 Å². The number of esters is 1. The Morgan fingerprint density at radius 1 is 1.19 bits per heavy atom. The van der Waals surface area contributed by atoms with Gasteiger partial charge in [-0.25, -0.2) is 18.9 Å². The maximum Gasteiger partial charge on any atom is 0.364 e. The number of benzene rings is 2. The second-order valence-corrected chi connectivity index (χ2v) is 9.04. The predicted molar refractivity (Wildman–Crippen MR) is 128 cm³/mol. The lowest BCUT2D eigenvalue weighted by Crippen LogP contribution is -2.63. The molecule has 4 amide bonds. The highest BCUT2D eigenvalue weighted by atomic mass is 32.2. The van der Waals surface area contributed by atoms with E-state index in [9.17, 15) is 23.6 Å². The van der Waals surface area contributed by atoms with E-state index in [2.05, 4.69) is 16.0 Å². The zero-order valence-electron chi connectivity index (χ0n) is 19.3. The van der Waals surface area contributed by atoms with Gasteiger partial charge in [0.05, 0.1) is 14.2 Å². The van der Waals surface area contributed by atoms with Crippen LogP contribution >= 0.6 is 11.8 Å². The Hall–Kier alpha value is -4.06. The molecule has 0 spiro atoms. The van der Waals surface area contributed by atoms with E-state index in [4.69, 9.17) is 9.47 Å². The lowest BCUT2D eigenvalue weighted by molar-refractivity contribution is -0.148. The largest absolute Gasteiger partial charge is 0.494 e. The van der Waals surface area contributed by atoms with Crippen molar-refractivity contribution in [2.75, 3.05) is 14.2 Å². The zero-order valence-corrected chi connectivity index (χ0v) is 20.1. The van der Waals surface area contributed by atoms with Gasteiger partial charge in [0.1, 0.15) is 12.1 Å². The third kappa shape index (κ3) is 4.71. The highest BCUT2D eigenvalue weighted by Crippen LogP contribution is 2.30. The molecule has 2 aliphatic heterocycles. The Labute approximate surface area is 210 Å². The summed E-state index contributed by atoms with van der Waals surface area (Å²) in [5, 5.41) is 9.42. The average molecular weight is 515 g/mol. The van der Waals surface area contributed by atoms with E-state index in [1.54, 1.807) is 35.7 Å². The molecule has 0 saturated carbocycles. The Morgan fingerprint density at radius 3 is 2.56 bits per heavy atom. The van der Waals surface area contributed by atoms with Gasteiger partial charge in [-0.05, 0) is 28.7 Å². The normalized spacial score (nSPS) is 21.5. The van der Waals surface area contributed by atoms with E-state index in [1.165, 1.54) is 32.6 Å². The maximum atomic E-state index is 14.3. The number of amides is 4. The molecular weight excluding hydrogens is 491 g/mol. The van der Waals surface area contributed by atoms with E-state index in [0.717, 1.165) is 22.7 Å². The molecule has 0 radical (unpaired) electrons. The number of hydrogen-bond acceptors (Lipinski definition) is 8. The van der Waals surface area contributed by atoms with Gasteiger partial charge in [0.2, 0.25) is 5.91 Å². The van der Waals surface area contributed by atoms with Crippen molar-refractivity contribution in [1.29, 1.82) is 0 Å². The first-order valence-corrected chi connectivity index (χ1v) is 11.7. The molecule has 0 bridgehead atoms. The molecule has 188 valence electrons. The van der Waals surface area contributed by atoms with Crippen LogP contribution in [-0.2, 0) is 25.5 Å². The fraction of sp³-hybridized carbons (Fsp3) is 0.250. The quantitative estimate of drug-likeness (QED) is 0.360. The summed E-state index contributed by atoms with van der Waals surface area (Å²) in [7, 11) is 2.48. The second-order valence-electron chi connectivity index (χ2n) is 7.92. The Bertz CT molecular complexity index is 1220. The number of carbonyl (C=O) groups excluding carboxylic acids is 4. The van der Waals surface area contributed by atoms with Crippen LogP contribution in [0.2, 0.25) is 0 Å². The van der Waals surface area contributed by atoms with E-state index in [-0.39, 0.29) is 17.7 Å².